The summed E-state index contributed by atoms with van der Waals surface area (Å²) in [6.45, 7) is 1.90. The summed E-state index contributed by atoms with van der Waals surface area (Å²) in [4.78, 5) is 29.7. The van der Waals surface area contributed by atoms with Gasteiger partial charge in [-0.2, -0.15) is 0 Å². The highest BCUT2D eigenvalue weighted by Crippen LogP contribution is 2.31. The molecule has 0 radical (unpaired) electrons. The van der Waals surface area contributed by atoms with Crippen LogP contribution in [0.4, 0.5) is 0 Å². The van der Waals surface area contributed by atoms with Crippen molar-refractivity contribution in [1.82, 2.24) is 15.2 Å². The van der Waals surface area contributed by atoms with Crippen LogP contribution in [0.25, 0.3) is 10.9 Å². The van der Waals surface area contributed by atoms with E-state index in [9.17, 15) is 9.59 Å². The highest BCUT2D eigenvalue weighted by molar-refractivity contribution is 6.07. The van der Waals surface area contributed by atoms with Crippen LogP contribution < -0.4 is 5.32 Å². The molecule has 1 heterocycles. The second kappa shape index (κ2) is 6.67. The van der Waals surface area contributed by atoms with Gasteiger partial charge in [-0.3, -0.25) is 9.59 Å². The molecule has 2 amide bonds. The number of amides is 2. The molecule has 5 nitrogen and oxygen atoms in total. The van der Waals surface area contributed by atoms with Crippen molar-refractivity contribution in [2.45, 2.75) is 45.1 Å². The predicted octanol–water partition coefficient (Wildman–Crippen LogP) is 2.64. The van der Waals surface area contributed by atoms with Gasteiger partial charge in [0.15, 0.2) is 0 Å². The molecule has 0 fully saturated rings. The van der Waals surface area contributed by atoms with Gasteiger partial charge in [0.1, 0.15) is 0 Å². The molecule has 2 N–H and O–H groups in total. The number of nitrogens with zero attached hydrogens (tertiary/aromatic N) is 1. The minimum atomic E-state index is -0.155. The summed E-state index contributed by atoms with van der Waals surface area (Å²) >= 11 is 0. The van der Waals surface area contributed by atoms with Gasteiger partial charge in [0.05, 0.1) is 11.1 Å². The first-order chi connectivity index (χ1) is 11.5. The molecule has 1 aliphatic rings. The molecule has 3 rings (SSSR count). The number of aromatic amines is 1. The first-order valence-electron chi connectivity index (χ1n) is 8.63. The highest BCUT2D eigenvalue weighted by atomic mass is 16.2. The lowest BCUT2D eigenvalue weighted by molar-refractivity contribution is -0.121. The summed E-state index contributed by atoms with van der Waals surface area (Å²) in [7, 11) is 3.37. The molecule has 1 aromatic heterocycles. The summed E-state index contributed by atoms with van der Waals surface area (Å²) in [6, 6.07) is 5.77. The maximum atomic E-state index is 13.0. The molecule has 0 saturated carbocycles. The first-order valence-corrected chi connectivity index (χ1v) is 8.63. The van der Waals surface area contributed by atoms with Crippen LogP contribution >= 0.6 is 0 Å². The topological polar surface area (TPSA) is 65.2 Å². The van der Waals surface area contributed by atoms with Gasteiger partial charge in [-0.15, -0.1) is 0 Å². The van der Waals surface area contributed by atoms with Crippen LogP contribution in [0.3, 0.4) is 0 Å². The van der Waals surface area contributed by atoms with Gasteiger partial charge in [0.25, 0.3) is 5.91 Å². The van der Waals surface area contributed by atoms with Crippen molar-refractivity contribution in [2.24, 2.45) is 0 Å². The summed E-state index contributed by atoms with van der Waals surface area (Å²) in [5, 5.41) is 3.78. The van der Waals surface area contributed by atoms with Crippen LogP contribution in [-0.4, -0.2) is 41.8 Å². The van der Waals surface area contributed by atoms with Crippen LogP contribution in [0, 0.1) is 0 Å². The van der Waals surface area contributed by atoms with Crippen LogP contribution in [0.15, 0.2) is 18.2 Å². The summed E-state index contributed by atoms with van der Waals surface area (Å²) in [6.07, 6.45) is 4.85. The number of rotatable bonds is 4. The van der Waals surface area contributed by atoms with Crippen molar-refractivity contribution in [3.8, 4) is 0 Å². The van der Waals surface area contributed by atoms with Crippen molar-refractivity contribution >= 4 is 22.7 Å². The highest BCUT2D eigenvalue weighted by Gasteiger charge is 2.24. The Balaban J connectivity index is 1.92. The van der Waals surface area contributed by atoms with Crippen LogP contribution in [0.1, 0.15) is 47.8 Å². The average Bonchev–Trinajstić information content (AvgIpc) is 2.98. The second-order valence-corrected chi connectivity index (χ2v) is 6.66. The number of carbonyl (C=O) groups is 2. The Morgan fingerprint density at radius 1 is 1.29 bits per heavy atom. The van der Waals surface area contributed by atoms with E-state index in [4.69, 9.17) is 0 Å². The molecule has 1 aromatic carbocycles. The molecule has 2 aromatic rings. The van der Waals surface area contributed by atoms with Crippen LogP contribution in [0.5, 0.6) is 0 Å². The quantitative estimate of drug-likeness (QED) is 0.907. The number of aromatic nitrogens is 1. The van der Waals surface area contributed by atoms with E-state index in [1.54, 1.807) is 19.0 Å². The number of benzene rings is 1. The van der Waals surface area contributed by atoms with E-state index in [0.29, 0.717) is 12.0 Å². The van der Waals surface area contributed by atoms with E-state index in [0.717, 1.165) is 18.4 Å². The molecule has 24 heavy (non-hydrogen) atoms. The molecular formula is C19H25N3O2. The fourth-order valence-electron chi connectivity index (χ4n) is 3.51. The third-order valence-electron chi connectivity index (χ3n) is 5.10. The lowest BCUT2D eigenvalue weighted by Gasteiger charge is -2.24. The summed E-state index contributed by atoms with van der Waals surface area (Å²) < 4.78 is 0. The maximum absolute atomic E-state index is 13.0. The Morgan fingerprint density at radius 3 is 2.79 bits per heavy atom. The maximum Gasteiger partial charge on any atom is 0.255 e. The number of carbonyl (C=O) groups excluding carboxylic acids is 2. The predicted molar refractivity (Wildman–Crippen MR) is 95.2 cm³/mol. The van der Waals surface area contributed by atoms with E-state index in [-0.39, 0.29) is 17.9 Å². The molecule has 128 valence electrons. The first kappa shape index (κ1) is 16.6. The second-order valence-electron chi connectivity index (χ2n) is 6.66. The number of aryl methyl sites for hydroxylation is 2. The fourth-order valence-corrected chi connectivity index (χ4v) is 3.51. The minimum Gasteiger partial charge on any atom is -0.359 e. The summed E-state index contributed by atoms with van der Waals surface area (Å²) in [5.74, 6) is -0.105. The number of nitrogens with one attached hydrogen (secondary N) is 2. The molecule has 0 saturated heterocycles. The largest absolute Gasteiger partial charge is 0.359 e. The molecule has 0 aliphatic heterocycles. The molecule has 0 bridgehead atoms. The smallest absolute Gasteiger partial charge is 0.255 e. The number of hydrogen-bond donors (Lipinski definition) is 2. The van der Waals surface area contributed by atoms with Gasteiger partial charge in [0, 0.05) is 37.6 Å². The zero-order chi connectivity index (χ0) is 17.3. The van der Waals surface area contributed by atoms with Crippen LogP contribution in [0.2, 0.25) is 0 Å². The van der Waals surface area contributed by atoms with Gasteiger partial charge in [-0.1, -0.05) is 12.1 Å². The number of hydrogen-bond acceptors (Lipinski definition) is 2. The number of fused-ring (bicyclic) bond motifs is 3. The monoisotopic (exact) mass is 327 g/mol. The van der Waals surface area contributed by atoms with Crippen molar-refractivity contribution in [3.63, 3.8) is 0 Å². The van der Waals surface area contributed by atoms with Gasteiger partial charge < -0.3 is 15.2 Å². The minimum absolute atomic E-state index is 0.0457. The van der Waals surface area contributed by atoms with Crippen molar-refractivity contribution < 1.29 is 9.59 Å². The normalized spacial score (nSPS) is 15.0. The van der Waals surface area contributed by atoms with Gasteiger partial charge in [-0.05, 0) is 44.2 Å². The Morgan fingerprint density at radius 2 is 2.04 bits per heavy atom. The standard InChI is InChI=1S/C19H25N3O2/c1-12(11-17(23)20-2)22(3)19(24)15-9-6-8-14-13-7-4-5-10-16(13)21-18(14)15/h6,8-9,12,21H,4-5,7,10-11H2,1-3H3,(H,20,23)/t12-/m0/s1. The van der Waals surface area contributed by atoms with Gasteiger partial charge in [0.2, 0.25) is 5.91 Å². The zero-order valence-electron chi connectivity index (χ0n) is 14.6. The molecule has 0 unspecified atom stereocenters. The Kier molecular flexibility index (Phi) is 4.60. The van der Waals surface area contributed by atoms with Crippen LogP contribution in [-0.2, 0) is 17.6 Å². The Bertz CT molecular complexity index is 778. The summed E-state index contributed by atoms with van der Waals surface area (Å²) in [5.41, 5.74) is 4.27. The SMILES string of the molecule is CNC(=O)C[C@H](C)N(C)C(=O)c1cccc2c3c([nH]c12)CCCC3. The molecule has 0 spiro atoms. The number of H-pyrrole nitrogens is 1. The third-order valence-corrected chi connectivity index (χ3v) is 5.10. The zero-order valence-corrected chi connectivity index (χ0v) is 14.6. The third kappa shape index (κ3) is 2.90. The van der Waals surface area contributed by atoms with E-state index in [1.807, 2.05) is 19.1 Å². The van der Waals surface area contributed by atoms with Crippen molar-refractivity contribution in [2.75, 3.05) is 14.1 Å². The Hall–Kier alpha value is -2.30. The molecule has 1 atom stereocenters. The number of para-hydroxylation sites is 1. The van der Waals surface area contributed by atoms with E-state index in [1.165, 1.54) is 29.5 Å². The average molecular weight is 327 g/mol. The lowest BCUT2D eigenvalue weighted by Crippen LogP contribution is -2.38. The van der Waals surface area contributed by atoms with E-state index >= 15 is 0 Å². The molecule has 1 aliphatic carbocycles. The molecule has 5 heteroatoms. The van der Waals surface area contributed by atoms with E-state index in [2.05, 4.69) is 16.4 Å². The van der Waals surface area contributed by atoms with E-state index < -0.39 is 0 Å². The molecular weight excluding hydrogens is 302 g/mol. The van der Waals surface area contributed by atoms with Crippen molar-refractivity contribution in [3.05, 3.63) is 35.0 Å². The lowest BCUT2D eigenvalue weighted by atomic mass is 9.95. The van der Waals surface area contributed by atoms with Gasteiger partial charge >= 0.3 is 0 Å². The fraction of sp³-hybridized carbons (Fsp3) is 0.474. The Labute approximate surface area is 142 Å². The van der Waals surface area contributed by atoms with Crippen molar-refractivity contribution in [1.29, 1.82) is 0 Å². The van der Waals surface area contributed by atoms with Gasteiger partial charge in [-0.25, -0.2) is 0 Å².